The van der Waals surface area contributed by atoms with Crippen LogP contribution in [0.2, 0.25) is 0 Å². The first kappa shape index (κ1) is 20.4. The second-order valence-electron chi connectivity index (χ2n) is 9.35. The minimum atomic E-state index is -0.121. The normalized spacial score (nSPS) is 12.8. The molecule has 2 nitrogen and oxygen atoms in total. The Hall–Kier alpha value is -1.96. The molecule has 0 aromatic heterocycles. The quantitative estimate of drug-likeness (QED) is 0.612. The summed E-state index contributed by atoms with van der Waals surface area (Å²) >= 11 is 0. The number of ether oxygens (including phenoxy) is 2. The highest BCUT2D eigenvalue weighted by Gasteiger charge is 2.47. The average Bonchev–Trinajstić information content (AvgIpc) is 2.58. The van der Waals surface area contributed by atoms with Crippen LogP contribution in [-0.4, -0.2) is 14.2 Å². The smallest absolute Gasteiger partial charge is 0.118 e. The molecule has 0 heterocycles. The van der Waals surface area contributed by atoms with Crippen LogP contribution in [-0.2, 0) is 5.41 Å². The average molecular weight is 355 g/mol. The van der Waals surface area contributed by atoms with Gasteiger partial charge >= 0.3 is 0 Å². The van der Waals surface area contributed by atoms with Crippen molar-refractivity contribution in [2.75, 3.05) is 14.2 Å². The van der Waals surface area contributed by atoms with Gasteiger partial charge < -0.3 is 9.47 Å². The fourth-order valence-electron chi connectivity index (χ4n) is 4.05. The second kappa shape index (κ2) is 7.34. The van der Waals surface area contributed by atoms with Gasteiger partial charge in [-0.2, -0.15) is 0 Å². The molecule has 0 N–H and O–H groups in total. The van der Waals surface area contributed by atoms with Crippen molar-refractivity contribution in [1.29, 1.82) is 0 Å². The summed E-state index contributed by atoms with van der Waals surface area (Å²) in [6, 6.07) is 17.2. The van der Waals surface area contributed by atoms with E-state index in [0.29, 0.717) is 0 Å². The maximum atomic E-state index is 5.39. The molecule has 2 rings (SSSR count). The van der Waals surface area contributed by atoms with Crippen LogP contribution in [0.4, 0.5) is 0 Å². The largest absolute Gasteiger partial charge is 0.497 e. The predicted octanol–water partition coefficient (Wildman–Crippen LogP) is 6.47. The minimum Gasteiger partial charge on any atom is -0.497 e. The Morgan fingerprint density at radius 3 is 1.19 bits per heavy atom. The van der Waals surface area contributed by atoms with Gasteiger partial charge in [0.1, 0.15) is 11.5 Å². The van der Waals surface area contributed by atoms with E-state index in [1.54, 1.807) is 14.2 Å². The molecule has 142 valence electrons. The van der Waals surface area contributed by atoms with Crippen molar-refractivity contribution in [3.8, 4) is 11.5 Å². The molecule has 2 aromatic rings. The molecule has 26 heavy (non-hydrogen) atoms. The summed E-state index contributed by atoms with van der Waals surface area (Å²) < 4.78 is 10.8. The van der Waals surface area contributed by atoms with Gasteiger partial charge in [-0.15, -0.1) is 0 Å². The van der Waals surface area contributed by atoms with Crippen molar-refractivity contribution in [2.45, 2.75) is 53.4 Å². The summed E-state index contributed by atoms with van der Waals surface area (Å²) in [5, 5.41) is 0. The molecule has 2 aromatic carbocycles. The molecular weight excluding hydrogens is 320 g/mol. The Bertz CT molecular complexity index is 650. The first-order valence-corrected chi connectivity index (χ1v) is 9.32. The van der Waals surface area contributed by atoms with Gasteiger partial charge in [-0.25, -0.2) is 0 Å². The summed E-state index contributed by atoms with van der Waals surface area (Å²) in [7, 11) is 3.43. The number of hydrogen-bond acceptors (Lipinski definition) is 2. The van der Waals surface area contributed by atoms with Crippen molar-refractivity contribution in [1.82, 2.24) is 0 Å². The predicted molar refractivity (Wildman–Crippen MR) is 110 cm³/mol. The molecule has 0 bridgehead atoms. The molecule has 0 unspecified atom stereocenters. The maximum Gasteiger partial charge on any atom is 0.118 e. The fraction of sp³-hybridized carbons (Fsp3) is 0.500. The maximum absolute atomic E-state index is 5.39. The minimum absolute atomic E-state index is 0.0312. The van der Waals surface area contributed by atoms with Gasteiger partial charge in [0, 0.05) is 5.41 Å². The molecule has 0 spiro atoms. The summed E-state index contributed by atoms with van der Waals surface area (Å²) in [5.74, 6) is 1.78. The number of rotatable bonds is 5. The van der Waals surface area contributed by atoms with Gasteiger partial charge in [0.25, 0.3) is 0 Å². The lowest BCUT2D eigenvalue weighted by Crippen LogP contribution is -2.44. The van der Waals surface area contributed by atoms with E-state index in [9.17, 15) is 0 Å². The second-order valence-corrected chi connectivity index (χ2v) is 9.35. The van der Waals surface area contributed by atoms with Crippen molar-refractivity contribution < 1.29 is 9.47 Å². The van der Waals surface area contributed by atoms with Crippen molar-refractivity contribution in [3.63, 3.8) is 0 Å². The molecule has 0 radical (unpaired) electrons. The van der Waals surface area contributed by atoms with E-state index in [1.807, 2.05) is 0 Å². The third-order valence-corrected chi connectivity index (χ3v) is 5.24. The van der Waals surface area contributed by atoms with Crippen molar-refractivity contribution in [3.05, 3.63) is 59.7 Å². The molecule has 0 aliphatic rings. The first-order valence-electron chi connectivity index (χ1n) is 9.32. The zero-order chi connectivity index (χ0) is 19.6. The Kier molecular flexibility index (Phi) is 5.75. The monoisotopic (exact) mass is 354 g/mol. The highest BCUT2D eigenvalue weighted by Crippen LogP contribution is 2.53. The molecule has 0 amide bonds. The standard InChI is InChI=1S/C24H34O2/c1-22(2,3)17-24(23(4,5)6,18-9-13-20(25-7)14-10-18)19-11-15-21(26-8)16-12-19/h9-16H,17H2,1-8H3. The van der Waals surface area contributed by atoms with Crippen LogP contribution in [0.1, 0.15) is 59.1 Å². The van der Waals surface area contributed by atoms with E-state index in [2.05, 4.69) is 90.1 Å². The van der Waals surface area contributed by atoms with E-state index in [1.165, 1.54) is 11.1 Å². The Labute approximate surface area is 159 Å². The lowest BCUT2D eigenvalue weighted by molar-refractivity contribution is 0.154. The molecule has 0 saturated carbocycles. The Morgan fingerprint density at radius 1 is 0.615 bits per heavy atom. The zero-order valence-electron chi connectivity index (χ0n) is 17.6. The van der Waals surface area contributed by atoms with Crippen LogP contribution in [0.15, 0.2) is 48.5 Å². The molecule has 0 fully saturated rings. The molecule has 0 aliphatic carbocycles. The lowest BCUT2D eigenvalue weighted by atomic mass is 9.54. The van der Waals surface area contributed by atoms with Gasteiger partial charge in [-0.05, 0) is 52.6 Å². The summed E-state index contributed by atoms with van der Waals surface area (Å²) in [6.07, 6.45) is 1.04. The summed E-state index contributed by atoms with van der Waals surface area (Å²) in [5.41, 5.74) is 2.73. The number of hydrogen-bond donors (Lipinski definition) is 0. The zero-order valence-corrected chi connectivity index (χ0v) is 17.6. The van der Waals surface area contributed by atoms with E-state index in [-0.39, 0.29) is 16.2 Å². The highest BCUT2D eigenvalue weighted by atomic mass is 16.5. The summed E-state index contributed by atoms with van der Waals surface area (Å²) in [6.45, 7) is 14.0. The molecular formula is C24H34O2. The van der Waals surface area contributed by atoms with Gasteiger partial charge in [-0.1, -0.05) is 65.8 Å². The van der Waals surface area contributed by atoms with Crippen LogP contribution in [0.5, 0.6) is 11.5 Å². The van der Waals surface area contributed by atoms with E-state index in [0.717, 1.165) is 17.9 Å². The number of methoxy groups -OCH3 is 2. The third kappa shape index (κ3) is 4.06. The van der Waals surface area contributed by atoms with Crippen molar-refractivity contribution >= 4 is 0 Å². The fourth-order valence-corrected chi connectivity index (χ4v) is 4.05. The van der Waals surface area contributed by atoms with E-state index < -0.39 is 0 Å². The van der Waals surface area contributed by atoms with E-state index in [4.69, 9.17) is 9.47 Å². The van der Waals surface area contributed by atoms with E-state index >= 15 is 0 Å². The first-order chi connectivity index (χ1) is 12.0. The highest BCUT2D eigenvalue weighted by molar-refractivity contribution is 5.45. The molecule has 0 aliphatic heterocycles. The third-order valence-electron chi connectivity index (χ3n) is 5.24. The van der Waals surface area contributed by atoms with Crippen LogP contribution >= 0.6 is 0 Å². The van der Waals surface area contributed by atoms with Crippen LogP contribution in [0, 0.1) is 10.8 Å². The molecule has 0 atom stereocenters. The van der Waals surface area contributed by atoms with Crippen LogP contribution < -0.4 is 9.47 Å². The SMILES string of the molecule is COc1ccc(C(CC(C)(C)C)(c2ccc(OC)cc2)C(C)(C)C)cc1. The topological polar surface area (TPSA) is 18.5 Å². The lowest BCUT2D eigenvalue weighted by Gasteiger charge is -2.49. The van der Waals surface area contributed by atoms with Gasteiger partial charge in [0.2, 0.25) is 0 Å². The summed E-state index contributed by atoms with van der Waals surface area (Å²) in [4.78, 5) is 0. The van der Waals surface area contributed by atoms with Crippen LogP contribution in [0.3, 0.4) is 0 Å². The molecule has 0 saturated heterocycles. The Morgan fingerprint density at radius 2 is 0.962 bits per heavy atom. The van der Waals surface area contributed by atoms with Crippen LogP contribution in [0.25, 0.3) is 0 Å². The van der Waals surface area contributed by atoms with Gasteiger partial charge in [-0.3, -0.25) is 0 Å². The van der Waals surface area contributed by atoms with Gasteiger partial charge in [0.15, 0.2) is 0 Å². The van der Waals surface area contributed by atoms with Crippen molar-refractivity contribution in [2.24, 2.45) is 10.8 Å². The van der Waals surface area contributed by atoms with Gasteiger partial charge in [0.05, 0.1) is 14.2 Å². The molecule has 2 heteroatoms. The Balaban J connectivity index is 2.74. The number of benzene rings is 2.